The highest BCUT2D eigenvalue weighted by atomic mass is 35.5. The van der Waals surface area contributed by atoms with Crippen molar-refractivity contribution >= 4 is 17.5 Å². The number of carbonyl (C=O) groups is 1. The molecule has 0 atom stereocenters. The molecule has 0 aromatic heterocycles. The lowest BCUT2D eigenvalue weighted by molar-refractivity contribution is -0.132. The van der Waals surface area contributed by atoms with Gasteiger partial charge in [0.1, 0.15) is 6.54 Å². The van der Waals surface area contributed by atoms with Crippen molar-refractivity contribution in [1.82, 2.24) is 4.90 Å². The fourth-order valence-electron chi connectivity index (χ4n) is 2.62. The first kappa shape index (κ1) is 13.9. The normalized spacial score (nSPS) is 15.2. The van der Waals surface area contributed by atoms with Gasteiger partial charge >= 0.3 is 0 Å². The summed E-state index contributed by atoms with van der Waals surface area (Å²) in [6, 6.07) is 9.70. The van der Waals surface area contributed by atoms with Gasteiger partial charge in [0, 0.05) is 11.1 Å². The fraction of sp³-hybridized carbons (Fsp3) is 0.467. The third-order valence-corrected chi connectivity index (χ3v) is 4.00. The maximum absolute atomic E-state index is 12.4. The monoisotopic (exact) mass is 276 g/mol. The number of benzene rings is 1. The maximum Gasteiger partial charge on any atom is 0.228 e. The van der Waals surface area contributed by atoms with E-state index < -0.39 is 0 Å². The molecule has 1 aromatic carbocycles. The van der Waals surface area contributed by atoms with Crippen LogP contribution in [0.5, 0.6) is 0 Å². The number of hydrogen-bond acceptors (Lipinski definition) is 2. The van der Waals surface area contributed by atoms with Crippen LogP contribution >= 0.6 is 11.6 Å². The van der Waals surface area contributed by atoms with Crippen molar-refractivity contribution in [1.29, 1.82) is 5.26 Å². The Labute approximate surface area is 118 Å². The van der Waals surface area contributed by atoms with Crippen LogP contribution in [0.2, 0.25) is 5.02 Å². The van der Waals surface area contributed by atoms with Crippen LogP contribution in [0.3, 0.4) is 0 Å². The molecule has 0 N–H and O–H groups in total. The quantitative estimate of drug-likeness (QED) is 0.793. The average molecular weight is 277 g/mol. The zero-order chi connectivity index (χ0) is 13.7. The van der Waals surface area contributed by atoms with E-state index in [9.17, 15) is 4.79 Å². The molecule has 4 heteroatoms. The van der Waals surface area contributed by atoms with E-state index >= 15 is 0 Å². The van der Waals surface area contributed by atoms with E-state index in [1.165, 1.54) is 0 Å². The summed E-state index contributed by atoms with van der Waals surface area (Å²) in [5.41, 5.74) is 0.829. The van der Waals surface area contributed by atoms with E-state index in [1.54, 1.807) is 11.0 Å². The van der Waals surface area contributed by atoms with Crippen molar-refractivity contribution in [2.75, 3.05) is 6.54 Å². The molecule has 1 aliphatic rings. The van der Waals surface area contributed by atoms with Gasteiger partial charge in [-0.25, -0.2) is 0 Å². The first-order valence-corrected chi connectivity index (χ1v) is 7.00. The first-order valence-electron chi connectivity index (χ1n) is 6.62. The molecular weight excluding hydrogens is 260 g/mol. The number of nitriles is 1. The Bertz CT molecular complexity index is 489. The minimum Gasteiger partial charge on any atom is -0.326 e. The standard InChI is InChI=1S/C15H17ClN2O/c16-14-8-4-1-5-12(14)11-15(19)18(10-9-17)13-6-2-3-7-13/h1,4-5,8,13H,2-3,6-7,10-11H2. The molecule has 0 aliphatic heterocycles. The third kappa shape index (κ3) is 3.48. The molecule has 0 heterocycles. The SMILES string of the molecule is N#CCN(C(=O)Cc1ccccc1Cl)C1CCCC1. The van der Waals surface area contributed by atoms with Crippen molar-refractivity contribution in [3.8, 4) is 6.07 Å². The summed E-state index contributed by atoms with van der Waals surface area (Å²) in [6.07, 6.45) is 4.58. The highest BCUT2D eigenvalue weighted by Crippen LogP contribution is 2.24. The highest BCUT2D eigenvalue weighted by molar-refractivity contribution is 6.31. The summed E-state index contributed by atoms with van der Waals surface area (Å²) in [6.45, 7) is 0.175. The van der Waals surface area contributed by atoms with Gasteiger partial charge in [-0.05, 0) is 24.5 Å². The van der Waals surface area contributed by atoms with Gasteiger partial charge in [0.05, 0.1) is 12.5 Å². The number of amides is 1. The summed E-state index contributed by atoms with van der Waals surface area (Å²) in [4.78, 5) is 14.1. The lowest BCUT2D eigenvalue weighted by Gasteiger charge is -2.26. The molecule has 0 unspecified atom stereocenters. The summed E-state index contributed by atoms with van der Waals surface area (Å²) >= 11 is 6.07. The smallest absolute Gasteiger partial charge is 0.228 e. The van der Waals surface area contributed by atoms with Gasteiger partial charge in [-0.15, -0.1) is 0 Å². The third-order valence-electron chi connectivity index (χ3n) is 3.63. The predicted molar refractivity (Wildman–Crippen MR) is 74.7 cm³/mol. The Kier molecular flexibility index (Phi) is 4.81. The summed E-state index contributed by atoms with van der Waals surface area (Å²) in [7, 11) is 0. The second kappa shape index (κ2) is 6.58. The van der Waals surface area contributed by atoms with Crippen molar-refractivity contribution < 1.29 is 4.79 Å². The van der Waals surface area contributed by atoms with Crippen LogP contribution in [0.15, 0.2) is 24.3 Å². The molecule has 100 valence electrons. The molecule has 1 aliphatic carbocycles. The fourth-order valence-corrected chi connectivity index (χ4v) is 2.82. The Balaban J connectivity index is 2.07. The number of rotatable bonds is 4. The summed E-state index contributed by atoms with van der Waals surface area (Å²) in [5, 5.41) is 9.51. The van der Waals surface area contributed by atoms with Gasteiger partial charge in [-0.3, -0.25) is 4.79 Å². The van der Waals surface area contributed by atoms with Gasteiger partial charge in [0.2, 0.25) is 5.91 Å². The van der Waals surface area contributed by atoms with Crippen LogP contribution in [-0.4, -0.2) is 23.4 Å². The van der Waals surface area contributed by atoms with E-state index in [2.05, 4.69) is 6.07 Å². The van der Waals surface area contributed by atoms with E-state index in [0.29, 0.717) is 5.02 Å². The molecule has 0 saturated heterocycles. The lowest BCUT2D eigenvalue weighted by atomic mass is 10.1. The van der Waals surface area contributed by atoms with E-state index in [1.807, 2.05) is 18.2 Å². The summed E-state index contributed by atoms with van der Waals surface area (Å²) in [5.74, 6) is 0.00144. The van der Waals surface area contributed by atoms with Gasteiger partial charge in [0.25, 0.3) is 0 Å². The first-order chi connectivity index (χ1) is 9.22. The molecule has 0 bridgehead atoms. The Hall–Kier alpha value is -1.53. The topological polar surface area (TPSA) is 44.1 Å². The maximum atomic E-state index is 12.4. The van der Waals surface area contributed by atoms with Crippen LogP contribution in [0, 0.1) is 11.3 Å². The van der Waals surface area contributed by atoms with Crippen LogP contribution in [0.4, 0.5) is 0 Å². The predicted octanol–water partition coefficient (Wildman–Crippen LogP) is 3.18. The van der Waals surface area contributed by atoms with Gasteiger partial charge in [-0.2, -0.15) is 5.26 Å². The van der Waals surface area contributed by atoms with Crippen LogP contribution in [0.25, 0.3) is 0 Å². The van der Waals surface area contributed by atoms with Gasteiger partial charge in [0.15, 0.2) is 0 Å². The molecule has 3 nitrogen and oxygen atoms in total. The molecule has 0 radical (unpaired) electrons. The lowest BCUT2D eigenvalue weighted by Crippen LogP contribution is -2.40. The second-order valence-corrected chi connectivity index (χ2v) is 5.29. The largest absolute Gasteiger partial charge is 0.326 e. The van der Waals surface area contributed by atoms with E-state index in [4.69, 9.17) is 16.9 Å². The van der Waals surface area contributed by atoms with E-state index in [0.717, 1.165) is 31.2 Å². The number of hydrogen-bond donors (Lipinski definition) is 0. The van der Waals surface area contributed by atoms with Gasteiger partial charge in [-0.1, -0.05) is 42.6 Å². The molecule has 1 amide bonds. The molecular formula is C15H17ClN2O. The molecule has 2 rings (SSSR count). The van der Waals surface area contributed by atoms with Crippen molar-refractivity contribution in [3.63, 3.8) is 0 Å². The number of carbonyl (C=O) groups excluding carboxylic acids is 1. The molecule has 19 heavy (non-hydrogen) atoms. The van der Waals surface area contributed by atoms with Crippen molar-refractivity contribution in [3.05, 3.63) is 34.9 Å². The highest BCUT2D eigenvalue weighted by Gasteiger charge is 2.26. The zero-order valence-electron chi connectivity index (χ0n) is 10.8. The second-order valence-electron chi connectivity index (χ2n) is 4.89. The van der Waals surface area contributed by atoms with Crippen LogP contribution in [0.1, 0.15) is 31.2 Å². The van der Waals surface area contributed by atoms with Crippen LogP contribution < -0.4 is 0 Å². The number of nitrogens with zero attached hydrogens (tertiary/aromatic N) is 2. The minimum absolute atomic E-state index is 0.00144. The molecule has 1 saturated carbocycles. The van der Waals surface area contributed by atoms with Crippen molar-refractivity contribution in [2.45, 2.75) is 38.1 Å². The average Bonchev–Trinajstić information content (AvgIpc) is 2.92. The Morgan fingerprint density at radius 3 is 2.68 bits per heavy atom. The minimum atomic E-state index is 0.00144. The summed E-state index contributed by atoms with van der Waals surface area (Å²) < 4.78 is 0. The zero-order valence-corrected chi connectivity index (χ0v) is 11.6. The Morgan fingerprint density at radius 1 is 1.37 bits per heavy atom. The van der Waals surface area contributed by atoms with Crippen molar-refractivity contribution in [2.24, 2.45) is 0 Å². The van der Waals surface area contributed by atoms with Crippen LogP contribution in [-0.2, 0) is 11.2 Å². The van der Waals surface area contributed by atoms with E-state index in [-0.39, 0.29) is 24.9 Å². The molecule has 1 aromatic rings. The molecule has 1 fully saturated rings. The molecule has 0 spiro atoms. The van der Waals surface area contributed by atoms with Gasteiger partial charge < -0.3 is 4.90 Å². The Morgan fingerprint density at radius 2 is 2.05 bits per heavy atom. The number of halogens is 1.